The summed E-state index contributed by atoms with van der Waals surface area (Å²) in [5.41, 5.74) is 0.483. The quantitative estimate of drug-likeness (QED) is 0.803. The Balaban J connectivity index is 1.47. The smallest absolute Gasteiger partial charge is 0.256 e. The maximum absolute atomic E-state index is 13.1. The molecule has 8 heteroatoms. The van der Waals surface area contributed by atoms with Crippen LogP contribution in [0.5, 0.6) is 5.75 Å². The molecule has 1 aromatic heterocycles. The minimum Gasteiger partial charge on any atom is -0.497 e. The molecular formula is C20H21N5O3. The van der Waals surface area contributed by atoms with Gasteiger partial charge in [-0.3, -0.25) is 4.79 Å². The highest BCUT2D eigenvalue weighted by molar-refractivity contribution is 5.95. The molecule has 2 saturated heterocycles. The van der Waals surface area contributed by atoms with Crippen LogP contribution in [0.25, 0.3) is 0 Å². The number of hydrogen-bond acceptors (Lipinski definition) is 7. The first-order valence-corrected chi connectivity index (χ1v) is 9.22. The van der Waals surface area contributed by atoms with Gasteiger partial charge < -0.3 is 19.3 Å². The molecule has 144 valence electrons. The van der Waals surface area contributed by atoms with E-state index in [0.29, 0.717) is 56.2 Å². The van der Waals surface area contributed by atoms with E-state index in [9.17, 15) is 4.79 Å². The minimum atomic E-state index is -0.583. The lowest BCUT2D eigenvalue weighted by atomic mass is 9.98. The third-order valence-electron chi connectivity index (χ3n) is 5.35. The Hall–Kier alpha value is -3.18. The molecule has 0 atom stereocenters. The topological polar surface area (TPSA) is 91.6 Å². The Kier molecular flexibility index (Phi) is 4.84. The van der Waals surface area contributed by atoms with E-state index in [2.05, 4.69) is 14.9 Å². The number of nitriles is 1. The van der Waals surface area contributed by atoms with Gasteiger partial charge in [0.15, 0.2) is 0 Å². The molecule has 2 aliphatic rings. The number of anilines is 1. The van der Waals surface area contributed by atoms with E-state index in [1.807, 2.05) is 11.0 Å². The zero-order valence-electron chi connectivity index (χ0n) is 15.7. The zero-order valence-corrected chi connectivity index (χ0v) is 15.7. The molecule has 0 bridgehead atoms. The van der Waals surface area contributed by atoms with Gasteiger partial charge in [0.25, 0.3) is 5.91 Å². The molecule has 1 aromatic carbocycles. The van der Waals surface area contributed by atoms with Crippen molar-refractivity contribution in [3.8, 4) is 11.8 Å². The first-order valence-electron chi connectivity index (χ1n) is 9.22. The predicted molar refractivity (Wildman–Crippen MR) is 101 cm³/mol. The minimum absolute atomic E-state index is 0.0248. The number of rotatable bonds is 3. The zero-order chi connectivity index (χ0) is 19.6. The van der Waals surface area contributed by atoms with Crippen LogP contribution < -0.4 is 9.64 Å². The second-order valence-corrected chi connectivity index (χ2v) is 6.85. The van der Waals surface area contributed by atoms with E-state index >= 15 is 0 Å². The Labute approximate surface area is 163 Å². The molecule has 0 N–H and O–H groups in total. The fourth-order valence-electron chi connectivity index (χ4n) is 3.80. The second kappa shape index (κ2) is 7.44. The number of ether oxygens (including phenoxy) is 2. The summed E-state index contributed by atoms with van der Waals surface area (Å²) >= 11 is 0. The SMILES string of the molecule is COc1ccc(C(=O)N2CCOC23CCN(c2ncc(C#N)cn2)CC3)cc1. The van der Waals surface area contributed by atoms with Crippen LogP contribution >= 0.6 is 0 Å². The van der Waals surface area contributed by atoms with Crippen molar-refractivity contribution >= 4 is 11.9 Å². The summed E-state index contributed by atoms with van der Waals surface area (Å²) in [5, 5.41) is 8.88. The van der Waals surface area contributed by atoms with E-state index < -0.39 is 5.72 Å². The first kappa shape index (κ1) is 18.2. The fraction of sp³-hybridized carbons (Fsp3) is 0.400. The highest BCUT2D eigenvalue weighted by Crippen LogP contribution is 2.36. The van der Waals surface area contributed by atoms with Gasteiger partial charge in [-0.1, -0.05) is 0 Å². The first-order chi connectivity index (χ1) is 13.6. The third kappa shape index (κ3) is 3.25. The predicted octanol–water partition coefficient (Wildman–Crippen LogP) is 1.83. The van der Waals surface area contributed by atoms with Crippen molar-refractivity contribution in [2.45, 2.75) is 18.6 Å². The summed E-state index contributed by atoms with van der Waals surface area (Å²) in [5.74, 6) is 1.29. The highest BCUT2D eigenvalue weighted by atomic mass is 16.5. The summed E-state index contributed by atoms with van der Waals surface area (Å²) in [7, 11) is 1.60. The molecule has 1 amide bonds. The van der Waals surface area contributed by atoms with Gasteiger partial charge in [0.2, 0.25) is 5.95 Å². The van der Waals surface area contributed by atoms with Crippen molar-refractivity contribution < 1.29 is 14.3 Å². The van der Waals surface area contributed by atoms with Gasteiger partial charge >= 0.3 is 0 Å². The third-order valence-corrected chi connectivity index (χ3v) is 5.35. The van der Waals surface area contributed by atoms with Gasteiger partial charge in [-0.2, -0.15) is 5.26 Å². The second-order valence-electron chi connectivity index (χ2n) is 6.85. The monoisotopic (exact) mass is 379 g/mol. The van der Waals surface area contributed by atoms with Crippen molar-refractivity contribution in [2.24, 2.45) is 0 Å². The Morgan fingerprint density at radius 1 is 1.18 bits per heavy atom. The normalized spacial score (nSPS) is 18.1. The maximum atomic E-state index is 13.1. The van der Waals surface area contributed by atoms with E-state index in [-0.39, 0.29) is 5.91 Å². The molecule has 0 radical (unpaired) electrons. The number of piperidine rings is 1. The van der Waals surface area contributed by atoms with Crippen LogP contribution in [-0.4, -0.2) is 59.9 Å². The Bertz CT molecular complexity index is 884. The van der Waals surface area contributed by atoms with Gasteiger partial charge in [0.1, 0.15) is 17.5 Å². The number of nitrogens with zero attached hydrogens (tertiary/aromatic N) is 5. The lowest BCUT2D eigenvalue weighted by Gasteiger charge is -2.43. The number of carbonyl (C=O) groups excluding carboxylic acids is 1. The Morgan fingerprint density at radius 2 is 1.86 bits per heavy atom. The van der Waals surface area contributed by atoms with E-state index in [4.69, 9.17) is 14.7 Å². The van der Waals surface area contributed by atoms with Crippen LogP contribution in [0, 0.1) is 11.3 Å². The summed E-state index contributed by atoms with van der Waals surface area (Å²) in [6.45, 7) is 2.48. The molecule has 0 unspecified atom stereocenters. The molecule has 0 saturated carbocycles. The number of aromatic nitrogens is 2. The van der Waals surface area contributed by atoms with Crippen LogP contribution in [-0.2, 0) is 4.74 Å². The molecule has 8 nitrogen and oxygen atoms in total. The summed E-state index contributed by atoms with van der Waals surface area (Å²) in [6, 6.07) is 9.18. The lowest BCUT2D eigenvalue weighted by molar-refractivity contribution is -0.0838. The molecule has 0 aliphatic carbocycles. The molecule has 4 rings (SSSR count). The maximum Gasteiger partial charge on any atom is 0.256 e. The Morgan fingerprint density at radius 3 is 2.46 bits per heavy atom. The van der Waals surface area contributed by atoms with E-state index in [1.54, 1.807) is 31.4 Å². The van der Waals surface area contributed by atoms with Crippen molar-refractivity contribution in [2.75, 3.05) is 38.3 Å². The van der Waals surface area contributed by atoms with Crippen LogP contribution in [0.3, 0.4) is 0 Å². The van der Waals surface area contributed by atoms with Crippen LogP contribution in [0.15, 0.2) is 36.7 Å². The van der Waals surface area contributed by atoms with Crippen molar-refractivity contribution in [3.05, 3.63) is 47.8 Å². The van der Waals surface area contributed by atoms with Crippen LogP contribution in [0.2, 0.25) is 0 Å². The van der Waals surface area contributed by atoms with Crippen molar-refractivity contribution in [1.29, 1.82) is 5.26 Å². The molecule has 2 aromatic rings. The van der Waals surface area contributed by atoms with Gasteiger partial charge in [0.05, 0.1) is 31.7 Å². The average Bonchev–Trinajstić information content (AvgIpc) is 3.17. The molecule has 1 spiro atoms. The molecule has 3 heterocycles. The highest BCUT2D eigenvalue weighted by Gasteiger charge is 2.47. The molecule has 28 heavy (non-hydrogen) atoms. The van der Waals surface area contributed by atoms with Crippen molar-refractivity contribution in [3.63, 3.8) is 0 Å². The largest absolute Gasteiger partial charge is 0.497 e. The number of hydrogen-bond donors (Lipinski definition) is 0. The summed E-state index contributed by atoms with van der Waals surface area (Å²) in [4.78, 5) is 25.5. The lowest BCUT2D eigenvalue weighted by Crippen LogP contribution is -2.55. The van der Waals surface area contributed by atoms with Gasteiger partial charge in [-0.05, 0) is 24.3 Å². The van der Waals surface area contributed by atoms with E-state index in [1.165, 1.54) is 12.4 Å². The molecule has 2 aliphatic heterocycles. The summed E-state index contributed by atoms with van der Waals surface area (Å²) in [6.07, 6.45) is 4.41. The van der Waals surface area contributed by atoms with Gasteiger partial charge in [-0.15, -0.1) is 0 Å². The van der Waals surface area contributed by atoms with Gasteiger partial charge in [0, 0.05) is 38.0 Å². The van der Waals surface area contributed by atoms with Crippen LogP contribution in [0.1, 0.15) is 28.8 Å². The standard InChI is InChI=1S/C20H21N5O3/c1-27-17-4-2-16(3-5-17)18(26)25-10-11-28-20(25)6-8-24(9-7-20)19-22-13-15(12-21)14-23-19/h2-5,13-14H,6-11H2,1H3. The number of amides is 1. The number of methoxy groups -OCH3 is 1. The van der Waals surface area contributed by atoms with Crippen LogP contribution in [0.4, 0.5) is 5.95 Å². The molecular weight excluding hydrogens is 358 g/mol. The average molecular weight is 379 g/mol. The number of benzene rings is 1. The molecule has 2 fully saturated rings. The van der Waals surface area contributed by atoms with E-state index in [0.717, 1.165) is 5.75 Å². The summed E-state index contributed by atoms with van der Waals surface area (Å²) < 4.78 is 11.2. The fourth-order valence-corrected chi connectivity index (χ4v) is 3.80. The van der Waals surface area contributed by atoms with Gasteiger partial charge in [-0.25, -0.2) is 9.97 Å². The van der Waals surface area contributed by atoms with Crippen molar-refractivity contribution in [1.82, 2.24) is 14.9 Å². The number of carbonyl (C=O) groups is 1.